The Morgan fingerprint density at radius 1 is 1.22 bits per heavy atom. The first kappa shape index (κ1) is 26.5. The molecule has 37 heavy (non-hydrogen) atoms. The van der Waals surface area contributed by atoms with E-state index in [1.165, 1.54) is 11.0 Å². The number of nitrogens with two attached hydrogens (primary N) is 1. The van der Waals surface area contributed by atoms with Gasteiger partial charge in [0.25, 0.3) is 0 Å². The summed E-state index contributed by atoms with van der Waals surface area (Å²) in [6.45, 7) is 0.708. The van der Waals surface area contributed by atoms with E-state index in [2.05, 4.69) is 4.99 Å². The lowest BCUT2D eigenvalue weighted by Crippen LogP contribution is -2.48. The molecular weight excluding hydrogens is 485 g/mol. The third kappa shape index (κ3) is 6.25. The molecular formula is C27H31F3N4O3. The summed E-state index contributed by atoms with van der Waals surface area (Å²) in [7, 11) is 1.56. The van der Waals surface area contributed by atoms with E-state index in [4.69, 9.17) is 20.6 Å². The number of hydrogen-bond donors (Lipinski definition) is 3. The number of nitrogens with one attached hydrogen (secondary N) is 1. The summed E-state index contributed by atoms with van der Waals surface area (Å²) < 4.78 is 53.3. The van der Waals surface area contributed by atoms with Crippen LogP contribution in [0.5, 0.6) is 5.75 Å². The molecule has 1 fully saturated rings. The standard InChI is InChI=1S/C27H31F3N4O3/c1-36-20-11-6-17(7-12-20)5-8-18-9-10-19(16-21(18)27(28,29)30)22-4-2-3-15-37-25(33-22)24-23(35)13-14-34(24)26(31)32/h4,6-7,9-12,16,23-24,35H,2-3,5,8,13-15H2,1H3,(H3,31,32)/t23-,24-/m0/s1. The average molecular weight is 517 g/mol. The van der Waals surface area contributed by atoms with Gasteiger partial charge in [0.2, 0.25) is 5.90 Å². The molecule has 0 spiro atoms. The maximum atomic E-state index is 14.1. The summed E-state index contributed by atoms with van der Waals surface area (Å²) in [5.74, 6) is 0.626. The first-order chi connectivity index (χ1) is 17.7. The molecule has 2 aromatic rings. The number of aryl methyl sites for hydroxylation is 2. The van der Waals surface area contributed by atoms with Crippen LogP contribution in [0.15, 0.2) is 53.5 Å². The molecule has 2 atom stereocenters. The van der Waals surface area contributed by atoms with Gasteiger partial charge in [-0.05, 0) is 61.4 Å². The summed E-state index contributed by atoms with van der Waals surface area (Å²) in [5, 5.41) is 18.3. The summed E-state index contributed by atoms with van der Waals surface area (Å²) >= 11 is 0. The van der Waals surface area contributed by atoms with Crippen LogP contribution in [0, 0.1) is 5.41 Å². The molecule has 0 amide bonds. The van der Waals surface area contributed by atoms with Crippen molar-refractivity contribution in [2.24, 2.45) is 10.7 Å². The third-order valence-electron chi connectivity index (χ3n) is 6.65. The van der Waals surface area contributed by atoms with Gasteiger partial charge in [-0.3, -0.25) is 5.41 Å². The maximum Gasteiger partial charge on any atom is 0.416 e. The second-order valence-corrected chi connectivity index (χ2v) is 9.13. The molecule has 0 saturated carbocycles. The van der Waals surface area contributed by atoms with E-state index >= 15 is 0 Å². The molecule has 0 bridgehead atoms. The Hall–Kier alpha value is -3.53. The van der Waals surface area contributed by atoms with Crippen molar-refractivity contribution in [2.75, 3.05) is 20.3 Å². The number of likely N-dealkylation sites (tertiary alicyclic amines) is 1. The van der Waals surface area contributed by atoms with Crippen LogP contribution in [0.4, 0.5) is 13.2 Å². The molecule has 198 valence electrons. The minimum Gasteiger partial charge on any atom is -0.497 e. The van der Waals surface area contributed by atoms with Crippen LogP contribution < -0.4 is 10.5 Å². The van der Waals surface area contributed by atoms with Crippen molar-refractivity contribution in [3.05, 3.63) is 70.8 Å². The third-order valence-corrected chi connectivity index (χ3v) is 6.65. The van der Waals surface area contributed by atoms with E-state index in [9.17, 15) is 18.3 Å². The Balaban J connectivity index is 1.64. The molecule has 2 aromatic carbocycles. The lowest BCUT2D eigenvalue weighted by atomic mass is 9.96. The zero-order valence-corrected chi connectivity index (χ0v) is 20.6. The van der Waals surface area contributed by atoms with Crippen LogP contribution in [0.1, 0.15) is 41.5 Å². The first-order valence-corrected chi connectivity index (χ1v) is 12.2. The summed E-state index contributed by atoms with van der Waals surface area (Å²) in [6.07, 6.45) is -1.33. The smallest absolute Gasteiger partial charge is 0.416 e. The molecule has 7 nitrogen and oxygen atoms in total. The Kier molecular flexibility index (Phi) is 8.06. The maximum absolute atomic E-state index is 14.1. The van der Waals surface area contributed by atoms with Crippen LogP contribution >= 0.6 is 0 Å². The summed E-state index contributed by atoms with van der Waals surface area (Å²) in [5.41, 5.74) is 6.74. The topological polar surface area (TPSA) is 104 Å². The molecule has 0 radical (unpaired) electrons. The molecule has 4 N–H and O–H groups in total. The number of allylic oxidation sites excluding steroid dienone is 1. The van der Waals surface area contributed by atoms with Gasteiger partial charge in [0.1, 0.15) is 11.8 Å². The second-order valence-electron chi connectivity index (χ2n) is 9.13. The van der Waals surface area contributed by atoms with Crippen molar-refractivity contribution >= 4 is 17.6 Å². The molecule has 2 aliphatic heterocycles. The van der Waals surface area contributed by atoms with Gasteiger partial charge in [-0.1, -0.05) is 30.3 Å². The number of aliphatic hydroxyl groups is 1. The fourth-order valence-electron chi connectivity index (χ4n) is 4.66. The highest BCUT2D eigenvalue weighted by atomic mass is 19.4. The first-order valence-electron chi connectivity index (χ1n) is 12.2. The fourth-order valence-corrected chi connectivity index (χ4v) is 4.66. The van der Waals surface area contributed by atoms with Gasteiger partial charge in [-0.25, -0.2) is 4.99 Å². The quantitative estimate of drug-likeness (QED) is 0.391. The molecule has 10 heteroatoms. The molecule has 2 heterocycles. The van der Waals surface area contributed by atoms with Crippen molar-refractivity contribution < 1.29 is 27.8 Å². The van der Waals surface area contributed by atoms with Crippen molar-refractivity contribution in [1.29, 1.82) is 5.41 Å². The van der Waals surface area contributed by atoms with Crippen molar-refractivity contribution in [3.8, 4) is 5.75 Å². The number of ether oxygens (including phenoxy) is 2. The zero-order valence-electron chi connectivity index (χ0n) is 20.6. The number of benzene rings is 2. The van der Waals surface area contributed by atoms with E-state index in [0.717, 1.165) is 11.6 Å². The highest BCUT2D eigenvalue weighted by Gasteiger charge is 2.39. The highest BCUT2D eigenvalue weighted by molar-refractivity contribution is 5.92. The number of aliphatic imine (C=N–C) groups is 1. The van der Waals surface area contributed by atoms with E-state index in [1.807, 2.05) is 12.1 Å². The van der Waals surface area contributed by atoms with Crippen LogP contribution in [-0.2, 0) is 23.8 Å². The molecule has 0 aliphatic carbocycles. The number of alkyl halides is 3. The number of halogens is 3. The predicted molar refractivity (Wildman–Crippen MR) is 135 cm³/mol. The molecule has 2 aliphatic rings. The number of aliphatic hydroxyl groups excluding tert-OH is 1. The van der Waals surface area contributed by atoms with E-state index < -0.39 is 23.9 Å². The minimum atomic E-state index is -4.54. The van der Waals surface area contributed by atoms with Gasteiger partial charge in [-0.15, -0.1) is 0 Å². The van der Waals surface area contributed by atoms with Crippen LogP contribution in [0.25, 0.3) is 5.70 Å². The largest absolute Gasteiger partial charge is 0.497 e. The lowest BCUT2D eigenvalue weighted by Gasteiger charge is -2.28. The Bertz CT molecular complexity index is 1180. The van der Waals surface area contributed by atoms with Gasteiger partial charge >= 0.3 is 6.18 Å². The summed E-state index contributed by atoms with van der Waals surface area (Å²) in [6, 6.07) is 10.8. The lowest BCUT2D eigenvalue weighted by molar-refractivity contribution is -0.138. The number of rotatable bonds is 6. The monoisotopic (exact) mass is 516 g/mol. The van der Waals surface area contributed by atoms with Gasteiger partial charge in [0, 0.05) is 12.1 Å². The van der Waals surface area contributed by atoms with E-state index in [1.54, 1.807) is 31.4 Å². The molecule has 4 rings (SSSR count). The fraction of sp³-hybridized carbons (Fsp3) is 0.407. The zero-order chi connectivity index (χ0) is 26.6. The Morgan fingerprint density at radius 3 is 2.65 bits per heavy atom. The minimum absolute atomic E-state index is 0.156. The van der Waals surface area contributed by atoms with E-state index in [-0.39, 0.29) is 23.8 Å². The average Bonchev–Trinajstić information content (AvgIpc) is 3.24. The van der Waals surface area contributed by atoms with Gasteiger partial charge in [-0.2, -0.15) is 13.2 Å². The number of methoxy groups -OCH3 is 1. The number of guanidine groups is 1. The Labute approximate surface area is 213 Å². The highest BCUT2D eigenvalue weighted by Crippen LogP contribution is 2.35. The van der Waals surface area contributed by atoms with Crippen molar-refractivity contribution in [1.82, 2.24) is 4.90 Å². The normalized spacial score (nSPS) is 20.4. The van der Waals surface area contributed by atoms with Crippen LogP contribution in [-0.4, -0.2) is 54.3 Å². The van der Waals surface area contributed by atoms with Crippen molar-refractivity contribution in [2.45, 2.75) is 50.4 Å². The molecule has 0 aromatic heterocycles. The number of hydrogen-bond acceptors (Lipinski definition) is 5. The van der Waals surface area contributed by atoms with E-state index in [0.29, 0.717) is 55.8 Å². The SMILES string of the molecule is COc1ccc(CCc2ccc(C3=CCCCOC([C@@H]4[C@@H](O)CCN4C(=N)N)=N3)cc2C(F)(F)F)cc1. The predicted octanol–water partition coefficient (Wildman–Crippen LogP) is 4.38. The van der Waals surface area contributed by atoms with Crippen molar-refractivity contribution in [3.63, 3.8) is 0 Å². The Morgan fingerprint density at radius 2 is 1.97 bits per heavy atom. The van der Waals surface area contributed by atoms with Crippen LogP contribution in [0.2, 0.25) is 0 Å². The summed E-state index contributed by atoms with van der Waals surface area (Å²) in [4.78, 5) is 6.05. The number of nitrogens with zero attached hydrogens (tertiary/aromatic N) is 2. The second kappa shape index (κ2) is 11.2. The van der Waals surface area contributed by atoms with Gasteiger partial charge in [0.15, 0.2) is 5.96 Å². The molecule has 0 unspecified atom stereocenters. The van der Waals surface area contributed by atoms with Gasteiger partial charge in [0.05, 0.1) is 31.1 Å². The van der Waals surface area contributed by atoms with Gasteiger partial charge < -0.3 is 25.2 Å². The molecule has 1 saturated heterocycles. The van der Waals surface area contributed by atoms with Crippen LogP contribution in [0.3, 0.4) is 0 Å².